The molecular weight excluding hydrogens is 470 g/mol. The maximum atomic E-state index is 13.9. The van der Waals surface area contributed by atoms with Crippen LogP contribution in [-0.2, 0) is 16.6 Å². The lowest BCUT2D eigenvalue weighted by molar-refractivity contribution is 0.0958. The van der Waals surface area contributed by atoms with Gasteiger partial charge in [-0.1, -0.05) is 54.6 Å². The number of benzene rings is 3. The van der Waals surface area contributed by atoms with Crippen LogP contribution in [0.25, 0.3) is 0 Å². The van der Waals surface area contributed by atoms with E-state index in [0.717, 1.165) is 51.0 Å². The number of amides is 1. The van der Waals surface area contributed by atoms with Gasteiger partial charge < -0.3 is 4.90 Å². The van der Waals surface area contributed by atoms with Crippen LogP contribution in [0, 0.1) is 0 Å². The highest BCUT2D eigenvalue weighted by Crippen LogP contribution is 2.28. The maximum Gasteiger partial charge on any atom is 0.258 e. The SMILES string of the molecule is O=C(c1cccc(S(=O)(=O)N2CCCC2)c1)N(c1ccccc1)C1CCN(Cc2ccccc2)CC1. The van der Waals surface area contributed by atoms with E-state index in [1.807, 2.05) is 41.3 Å². The number of nitrogens with zero attached hydrogens (tertiary/aromatic N) is 3. The van der Waals surface area contributed by atoms with E-state index in [0.29, 0.717) is 18.7 Å². The number of likely N-dealkylation sites (tertiary alicyclic amines) is 1. The molecule has 5 rings (SSSR count). The minimum absolute atomic E-state index is 0.0470. The summed E-state index contributed by atoms with van der Waals surface area (Å²) in [5.74, 6) is -0.152. The number of sulfonamides is 1. The smallest absolute Gasteiger partial charge is 0.258 e. The summed E-state index contributed by atoms with van der Waals surface area (Å²) in [7, 11) is -3.59. The van der Waals surface area contributed by atoms with Gasteiger partial charge in [-0.15, -0.1) is 0 Å². The zero-order chi connectivity index (χ0) is 25.0. The molecule has 2 saturated heterocycles. The Morgan fingerprint density at radius 1 is 0.806 bits per heavy atom. The quantitative estimate of drug-likeness (QED) is 0.466. The standard InChI is InChI=1S/C29H33N3O3S/c33-29(25-12-9-15-28(22-25)36(34,35)31-18-7-8-19-31)32(26-13-5-2-6-14-26)27-16-20-30(21-17-27)23-24-10-3-1-4-11-24/h1-6,9-15,22,27H,7-8,16-21,23H2. The van der Waals surface area contributed by atoms with Crippen molar-refractivity contribution < 1.29 is 13.2 Å². The van der Waals surface area contributed by atoms with Gasteiger partial charge in [0.15, 0.2) is 0 Å². The molecule has 2 aliphatic rings. The summed E-state index contributed by atoms with van der Waals surface area (Å²) in [4.78, 5) is 18.4. The lowest BCUT2D eigenvalue weighted by atomic mass is 10.00. The molecule has 0 N–H and O–H groups in total. The fourth-order valence-corrected chi connectivity index (χ4v) is 6.83. The second-order valence-corrected chi connectivity index (χ2v) is 11.6. The molecule has 3 aromatic carbocycles. The third-order valence-corrected chi connectivity index (χ3v) is 9.10. The first-order valence-corrected chi connectivity index (χ1v) is 14.2. The van der Waals surface area contributed by atoms with Gasteiger partial charge in [-0.3, -0.25) is 9.69 Å². The fourth-order valence-electron chi connectivity index (χ4n) is 5.27. The molecule has 0 bridgehead atoms. The van der Waals surface area contributed by atoms with Gasteiger partial charge in [0.25, 0.3) is 5.91 Å². The Morgan fingerprint density at radius 3 is 2.11 bits per heavy atom. The third-order valence-electron chi connectivity index (χ3n) is 7.21. The van der Waals surface area contributed by atoms with Gasteiger partial charge >= 0.3 is 0 Å². The van der Waals surface area contributed by atoms with E-state index in [-0.39, 0.29) is 16.8 Å². The molecule has 0 saturated carbocycles. The molecule has 2 fully saturated rings. The van der Waals surface area contributed by atoms with Crippen molar-refractivity contribution in [3.63, 3.8) is 0 Å². The second kappa shape index (κ2) is 10.9. The van der Waals surface area contributed by atoms with E-state index < -0.39 is 10.0 Å². The highest BCUT2D eigenvalue weighted by atomic mass is 32.2. The maximum absolute atomic E-state index is 13.9. The van der Waals surface area contributed by atoms with Crippen LogP contribution in [0.5, 0.6) is 0 Å². The van der Waals surface area contributed by atoms with Gasteiger partial charge in [0.1, 0.15) is 0 Å². The highest BCUT2D eigenvalue weighted by molar-refractivity contribution is 7.89. The van der Waals surface area contributed by atoms with Crippen molar-refractivity contribution in [2.45, 2.75) is 43.2 Å². The molecule has 0 aromatic heterocycles. The minimum Gasteiger partial charge on any atom is -0.305 e. The summed E-state index contributed by atoms with van der Waals surface area (Å²) in [6, 6.07) is 26.8. The number of piperidine rings is 1. The summed E-state index contributed by atoms with van der Waals surface area (Å²) >= 11 is 0. The Bertz CT molecular complexity index is 1270. The number of para-hydroxylation sites is 1. The molecule has 1 amide bonds. The van der Waals surface area contributed by atoms with Gasteiger partial charge in [-0.2, -0.15) is 4.31 Å². The van der Waals surface area contributed by atoms with Crippen LogP contribution in [0.15, 0.2) is 89.8 Å². The Hall–Kier alpha value is -3.00. The van der Waals surface area contributed by atoms with Crippen LogP contribution >= 0.6 is 0 Å². The van der Waals surface area contributed by atoms with Gasteiger partial charge in [0.05, 0.1) is 4.90 Å². The Labute approximate surface area is 214 Å². The van der Waals surface area contributed by atoms with Crippen LogP contribution in [0.1, 0.15) is 41.6 Å². The van der Waals surface area contributed by atoms with E-state index in [4.69, 9.17) is 0 Å². The number of hydrogen-bond acceptors (Lipinski definition) is 4. The van der Waals surface area contributed by atoms with E-state index >= 15 is 0 Å². The second-order valence-electron chi connectivity index (χ2n) is 9.64. The molecule has 0 unspecified atom stereocenters. The Balaban J connectivity index is 1.37. The van der Waals surface area contributed by atoms with Crippen molar-refractivity contribution in [2.24, 2.45) is 0 Å². The number of carbonyl (C=O) groups excluding carboxylic acids is 1. The highest BCUT2D eigenvalue weighted by Gasteiger charge is 2.32. The lowest BCUT2D eigenvalue weighted by Gasteiger charge is -2.38. The molecule has 6 nitrogen and oxygen atoms in total. The van der Waals surface area contributed by atoms with Gasteiger partial charge in [0, 0.05) is 50.0 Å². The van der Waals surface area contributed by atoms with Crippen LogP contribution in [-0.4, -0.2) is 55.8 Å². The largest absolute Gasteiger partial charge is 0.305 e. The van der Waals surface area contributed by atoms with Gasteiger partial charge in [-0.05, 0) is 61.6 Å². The number of rotatable bonds is 7. The topological polar surface area (TPSA) is 60.9 Å². The van der Waals surface area contributed by atoms with Crippen LogP contribution in [0.3, 0.4) is 0 Å². The summed E-state index contributed by atoms with van der Waals surface area (Å²) in [5, 5.41) is 0. The molecule has 2 aliphatic heterocycles. The number of carbonyl (C=O) groups is 1. The molecule has 188 valence electrons. The summed E-state index contributed by atoms with van der Waals surface area (Å²) in [6.45, 7) is 3.79. The van der Waals surface area contributed by atoms with Crippen molar-refractivity contribution in [2.75, 3.05) is 31.1 Å². The molecule has 7 heteroatoms. The monoisotopic (exact) mass is 503 g/mol. The molecule has 0 atom stereocenters. The molecular formula is C29H33N3O3S. The van der Waals surface area contributed by atoms with Crippen molar-refractivity contribution in [3.05, 3.63) is 96.1 Å². The van der Waals surface area contributed by atoms with Crippen molar-refractivity contribution >= 4 is 21.6 Å². The lowest BCUT2D eigenvalue weighted by Crippen LogP contribution is -2.47. The van der Waals surface area contributed by atoms with E-state index in [2.05, 4.69) is 29.2 Å². The third kappa shape index (κ3) is 5.38. The summed E-state index contributed by atoms with van der Waals surface area (Å²) < 4.78 is 27.8. The zero-order valence-electron chi connectivity index (χ0n) is 20.5. The van der Waals surface area contributed by atoms with Crippen molar-refractivity contribution in [1.82, 2.24) is 9.21 Å². The summed E-state index contributed by atoms with van der Waals surface area (Å²) in [6.07, 6.45) is 3.48. The average molecular weight is 504 g/mol. The summed E-state index contributed by atoms with van der Waals surface area (Å²) in [5.41, 5.74) is 2.55. The van der Waals surface area contributed by atoms with Gasteiger partial charge in [-0.25, -0.2) is 8.42 Å². The normalized spacial score (nSPS) is 17.8. The average Bonchev–Trinajstić information content (AvgIpc) is 3.47. The molecule has 2 heterocycles. The minimum atomic E-state index is -3.59. The number of hydrogen-bond donors (Lipinski definition) is 0. The molecule has 0 aliphatic carbocycles. The first-order chi connectivity index (χ1) is 17.5. The van der Waals surface area contributed by atoms with Crippen LogP contribution in [0.4, 0.5) is 5.69 Å². The van der Waals surface area contributed by atoms with Crippen molar-refractivity contribution in [3.8, 4) is 0 Å². The Morgan fingerprint density at radius 2 is 1.44 bits per heavy atom. The number of anilines is 1. The fraction of sp³-hybridized carbons (Fsp3) is 0.345. The van der Waals surface area contributed by atoms with Crippen molar-refractivity contribution in [1.29, 1.82) is 0 Å². The predicted octanol–water partition coefficient (Wildman–Crippen LogP) is 4.78. The zero-order valence-corrected chi connectivity index (χ0v) is 21.3. The van der Waals surface area contributed by atoms with E-state index in [1.54, 1.807) is 24.3 Å². The van der Waals surface area contributed by atoms with Crippen LogP contribution in [0.2, 0.25) is 0 Å². The molecule has 0 spiro atoms. The van der Waals surface area contributed by atoms with Crippen LogP contribution < -0.4 is 4.90 Å². The van der Waals surface area contributed by atoms with E-state index in [9.17, 15) is 13.2 Å². The van der Waals surface area contributed by atoms with Gasteiger partial charge in [0.2, 0.25) is 10.0 Å². The Kier molecular flexibility index (Phi) is 7.51. The predicted molar refractivity (Wildman–Crippen MR) is 142 cm³/mol. The van der Waals surface area contributed by atoms with E-state index in [1.165, 1.54) is 9.87 Å². The first-order valence-electron chi connectivity index (χ1n) is 12.8. The molecule has 36 heavy (non-hydrogen) atoms. The molecule has 3 aromatic rings. The molecule has 0 radical (unpaired) electrons. The first kappa shape index (κ1) is 24.7.